The first-order chi connectivity index (χ1) is 28.6. The maximum Gasteiger partial charge on any atom is 0.524 e. The number of anilines is 1. The van der Waals surface area contributed by atoms with Crippen molar-refractivity contribution in [2.24, 2.45) is 11.7 Å². The highest BCUT2D eigenvalue weighted by atomic mass is 31.2. The van der Waals surface area contributed by atoms with E-state index in [0.29, 0.717) is 22.3 Å². The summed E-state index contributed by atoms with van der Waals surface area (Å²) in [5.41, 5.74) is 9.09. The van der Waals surface area contributed by atoms with Crippen LogP contribution in [0.2, 0.25) is 0 Å². The highest BCUT2D eigenvalue weighted by Gasteiger charge is 2.29. The number of carbonyl (C=O) groups excluding carboxylic acids is 5. The van der Waals surface area contributed by atoms with E-state index < -0.39 is 49.4 Å². The van der Waals surface area contributed by atoms with E-state index in [-0.39, 0.29) is 53.4 Å². The fraction of sp³-hybridized carbons (Fsp3) is 0.182. The molecule has 308 valence electrons. The molecular weight excluding hydrogens is 787 g/mol. The zero-order chi connectivity index (χ0) is 43.4. The summed E-state index contributed by atoms with van der Waals surface area (Å²) >= 11 is 0. The molecule has 8 N–H and O–H groups in total. The summed E-state index contributed by atoms with van der Waals surface area (Å²) in [5, 5.41) is 20.4. The number of phosphoric ester groups is 1. The summed E-state index contributed by atoms with van der Waals surface area (Å²) in [7, 11) is -4.83. The van der Waals surface area contributed by atoms with Crippen LogP contribution in [0.1, 0.15) is 68.0 Å². The third kappa shape index (κ3) is 13.0. The first-order valence-electron chi connectivity index (χ1n) is 18.7. The first-order valence-corrected chi connectivity index (χ1v) is 20.2. The van der Waals surface area contributed by atoms with E-state index in [1.807, 2.05) is 50.2 Å². The van der Waals surface area contributed by atoms with Crippen molar-refractivity contribution in [2.75, 3.05) is 5.32 Å². The number of primary amides is 1. The average Bonchev–Trinajstić information content (AvgIpc) is 3.22. The van der Waals surface area contributed by atoms with Crippen LogP contribution in [0.3, 0.4) is 0 Å². The number of nitriles is 1. The Kier molecular flexibility index (Phi) is 14.7. The molecule has 0 aliphatic carbocycles. The van der Waals surface area contributed by atoms with Crippen LogP contribution in [-0.4, -0.2) is 51.4 Å². The largest absolute Gasteiger partial charge is 0.524 e. The number of hydrogen-bond acceptors (Lipinski definition) is 8. The van der Waals surface area contributed by atoms with Crippen molar-refractivity contribution < 1.29 is 42.8 Å². The first kappa shape index (κ1) is 44.0. The van der Waals surface area contributed by atoms with Gasteiger partial charge in [-0.2, -0.15) is 5.26 Å². The SMILES string of the molecule is CC(C)C[C@H](NC(=O)[C@H](Cc1ccc(OP(=O)(O)O)cc1)NC(=O)c1ccc(C#N)cc1)C(=O)Nc1cc(C(=O)NCc2ccccc2)cc(-c2cccc(C(N)=O)c2)c1. The molecule has 0 aliphatic rings. The molecule has 0 fully saturated rings. The summed E-state index contributed by atoms with van der Waals surface area (Å²) < 4.78 is 15.9. The van der Waals surface area contributed by atoms with E-state index in [1.54, 1.807) is 36.4 Å². The van der Waals surface area contributed by atoms with Crippen molar-refractivity contribution >= 4 is 43.0 Å². The van der Waals surface area contributed by atoms with Gasteiger partial charge in [0, 0.05) is 35.3 Å². The number of amides is 5. The standard InChI is InChI=1S/C44H43N6O9P/c1-27(2)19-38(50-44(55)39(49-42(53)31-15-11-29(25-45)12-16-31)20-28-13-17-37(18-14-28)59-60(56,57)58)43(54)48-36-23-34(32-9-6-10-33(21-32)40(46)51)22-35(24-36)41(52)47-26-30-7-4-3-5-8-30/h3-18,21-24,27,38-39H,19-20,26H2,1-2H3,(H2,46,51)(H,47,52)(H,48,54)(H,49,53)(H,50,55)(H2,56,57,58)/t38-,39-/m0/s1. The van der Waals surface area contributed by atoms with Gasteiger partial charge in [-0.05, 0) is 101 Å². The number of phosphoric acid groups is 1. The summed E-state index contributed by atoms with van der Waals surface area (Å²) in [6.45, 7) is 3.96. The van der Waals surface area contributed by atoms with E-state index in [9.17, 15) is 43.6 Å². The smallest absolute Gasteiger partial charge is 0.404 e. The van der Waals surface area contributed by atoms with Crippen LogP contribution >= 0.6 is 7.82 Å². The molecule has 5 aromatic carbocycles. The van der Waals surface area contributed by atoms with Crippen molar-refractivity contribution in [3.05, 3.63) is 155 Å². The van der Waals surface area contributed by atoms with E-state index in [0.717, 1.165) is 5.56 Å². The maximum atomic E-state index is 14.1. The van der Waals surface area contributed by atoms with Crippen molar-refractivity contribution in [2.45, 2.75) is 45.3 Å². The average molecular weight is 831 g/mol. The third-order valence-electron chi connectivity index (χ3n) is 9.06. The molecule has 15 nitrogen and oxygen atoms in total. The topological polar surface area (TPSA) is 250 Å². The minimum atomic E-state index is -4.83. The van der Waals surface area contributed by atoms with Gasteiger partial charge in [0.2, 0.25) is 17.7 Å². The molecule has 5 amide bonds. The number of rotatable bonds is 17. The lowest BCUT2D eigenvalue weighted by atomic mass is 9.98. The second-order valence-corrected chi connectivity index (χ2v) is 15.4. The van der Waals surface area contributed by atoms with Gasteiger partial charge >= 0.3 is 7.82 Å². The number of nitrogens with zero attached hydrogens (tertiary/aromatic N) is 1. The van der Waals surface area contributed by atoms with E-state index in [1.165, 1.54) is 54.6 Å². The van der Waals surface area contributed by atoms with Crippen LogP contribution in [0, 0.1) is 17.2 Å². The third-order valence-corrected chi connectivity index (χ3v) is 9.51. The highest BCUT2D eigenvalue weighted by molar-refractivity contribution is 7.46. The predicted molar refractivity (Wildman–Crippen MR) is 223 cm³/mol. The van der Waals surface area contributed by atoms with E-state index in [4.69, 9.17) is 5.73 Å². The van der Waals surface area contributed by atoms with Crippen LogP contribution in [-0.2, 0) is 27.1 Å². The van der Waals surface area contributed by atoms with Crippen molar-refractivity contribution in [3.8, 4) is 22.9 Å². The summed E-state index contributed by atoms with van der Waals surface area (Å²) in [6.07, 6.45) is 0.0704. The van der Waals surface area contributed by atoms with Gasteiger partial charge in [0.1, 0.15) is 17.8 Å². The Hall–Kier alpha value is -7.11. The highest BCUT2D eigenvalue weighted by Crippen LogP contribution is 2.37. The lowest BCUT2D eigenvalue weighted by molar-refractivity contribution is -0.128. The fourth-order valence-corrected chi connectivity index (χ4v) is 6.54. The zero-order valence-corrected chi connectivity index (χ0v) is 33.5. The zero-order valence-electron chi connectivity index (χ0n) is 32.6. The normalized spacial score (nSPS) is 12.0. The van der Waals surface area contributed by atoms with E-state index in [2.05, 4.69) is 25.8 Å². The molecule has 0 heterocycles. The molecule has 0 spiro atoms. The molecule has 0 saturated carbocycles. The van der Waals surface area contributed by atoms with Crippen LogP contribution in [0.5, 0.6) is 5.75 Å². The minimum Gasteiger partial charge on any atom is -0.404 e. The quantitative estimate of drug-likeness (QED) is 0.0601. The second kappa shape index (κ2) is 20.0. The Morgan fingerprint density at radius 3 is 2.03 bits per heavy atom. The Labute approximate surface area is 346 Å². The van der Waals surface area contributed by atoms with Gasteiger partial charge in [0.15, 0.2) is 0 Å². The molecule has 0 aliphatic heterocycles. The molecule has 5 aromatic rings. The fourth-order valence-electron chi connectivity index (χ4n) is 6.14. The summed E-state index contributed by atoms with van der Waals surface area (Å²) in [5.74, 6) is -3.27. The lowest BCUT2D eigenvalue weighted by Crippen LogP contribution is -2.53. The number of carbonyl (C=O) groups is 5. The van der Waals surface area contributed by atoms with Gasteiger partial charge in [-0.15, -0.1) is 0 Å². The van der Waals surface area contributed by atoms with Crippen molar-refractivity contribution in [1.29, 1.82) is 5.26 Å². The monoisotopic (exact) mass is 830 g/mol. The molecule has 16 heteroatoms. The van der Waals surface area contributed by atoms with Crippen LogP contribution in [0.4, 0.5) is 5.69 Å². The maximum absolute atomic E-state index is 14.1. The number of nitrogens with one attached hydrogen (secondary N) is 4. The van der Waals surface area contributed by atoms with Crippen LogP contribution in [0.15, 0.2) is 121 Å². The van der Waals surface area contributed by atoms with Crippen LogP contribution < -0.4 is 31.5 Å². The molecule has 60 heavy (non-hydrogen) atoms. The molecule has 2 atom stereocenters. The molecular formula is C44H43N6O9P. The Balaban J connectivity index is 1.43. The van der Waals surface area contributed by atoms with Gasteiger partial charge in [0.25, 0.3) is 11.8 Å². The molecule has 5 rings (SSSR count). The minimum absolute atomic E-state index is 0.100. The molecule has 0 radical (unpaired) electrons. The molecule has 0 unspecified atom stereocenters. The second-order valence-electron chi connectivity index (χ2n) is 14.2. The van der Waals surface area contributed by atoms with Crippen molar-refractivity contribution in [1.82, 2.24) is 16.0 Å². The van der Waals surface area contributed by atoms with Gasteiger partial charge in [-0.1, -0.05) is 68.4 Å². The summed E-state index contributed by atoms with van der Waals surface area (Å²) in [4.78, 5) is 85.5. The Morgan fingerprint density at radius 2 is 1.40 bits per heavy atom. The van der Waals surface area contributed by atoms with Gasteiger partial charge in [-0.25, -0.2) is 4.57 Å². The summed E-state index contributed by atoms with van der Waals surface area (Å²) in [6, 6.07) is 31.4. The molecule has 0 bridgehead atoms. The molecule has 0 aromatic heterocycles. The van der Waals surface area contributed by atoms with Gasteiger partial charge in [0.05, 0.1) is 11.6 Å². The van der Waals surface area contributed by atoms with E-state index >= 15 is 0 Å². The Morgan fingerprint density at radius 1 is 0.717 bits per heavy atom. The number of nitrogens with two attached hydrogens (primary N) is 1. The van der Waals surface area contributed by atoms with Crippen molar-refractivity contribution in [3.63, 3.8) is 0 Å². The number of hydrogen-bond donors (Lipinski definition) is 7. The van der Waals surface area contributed by atoms with Gasteiger partial charge in [-0.3, -0.25) is 33.8 Å². The Bertz CT molecular complexity index is 2450. The predicted octanol–water partition coefficient (Wildman–Crippen LogP) is 5.24. The van der Waals surface area contributed by atoms with Crippen LogP contribution in [0.25, 0.3) is 11.1 Å². The lowest BCUT2D eigenvalue weighted by Gasteiger charge is -2.25. The number of benzene rings is 5. The molecule has 0 saturated heterocycles. The van der Waals surface area contributed by atoms with Gasteiger partial charge < -0.3 is 31.5 Å².